The molecule has 0 amide bonds. The van der Waals surface area contributed by atoms with Crippen LogP contribution in [0.15, 0.2) is 340 Å². The zero-order chi connectivity index (χ0) is 59.2. The van der Waals surface area contributed by atoms with E-state index in [0.717, 1.165) is 16.7 Å². The predicted molar refractivity (Wildman–Crippen MR) is 387 cm³/mol. The van der Waals surface area contributed by atoms with Gasteiger partial charge in [-0.25, -0.2) is 0 Å². The summed E-state index contributed by atoms with van der Waals surface area (Å²) in [6.07, 6.45) is 0. The highest BCUT2D eigenvalue weighted by molar-refractivity contribution is 6.25. The van der Waals surface area contributed by atoms with Crippen molar-refractivity contribution < 1.29 is 0 Å². The normalized spacial score (nSPS) is 11.8. The van der Waals surface area contributed by atoms with Crippen molar-refractivity contribution in [2.45, 2.75) is 0 Å². The van der Waals surface area contributed by atoms with Gasteiger partial charge in [-0.15, -0.1) is 0 Å². The van der Waals surface area contributed by atoms with E-state index >= 15 is 0 Å². The molecule has 18 aromatic rings. The molecular formula is C90H56. The van der Waals surface area contributed by atoms with E-state index in [9.17, 15) is 0 Å². The minimum absolute atomic E-state index is 1.14. The number of hydrogen-bond donors (Lipinski definition) is 0. The van der Waals surface area contributed by atoms with Crippen molar-refractivity contribution in [3.05, 3.63) is 340 Å². The molecule has 0 saturated carbocycles. The molecule has 0 aliphatic rings. The second-order valence-electron chi connectivity index (χ2n) is 24.1. The van der Waals surface area contributed by atoms with E-state index in [1.54, 1.807) is 0 Å². The average Bonchev–Trinajstić information content (AvgIpc) is 0.895. The Labute approximate surface area is 522 Å². The fraction of sp³-hybridized carbons (Fsp3) is 0. The molecule has 0 N–H and O–H groups in total. The summed E-state index contributed by atoms with van der Waals surface area (Å²) in [5.74, 6) is 0. The molecule has 0 heterocycles. The van der Waals surface area contributed by atoms with Gasteiger partial charge in [-0.1, -0.05) is 322 Å². The molecule has 0 bridgehead atoms. The van der Waals surface area contributed by atoms with Crippen molar-refractivity contribution in [2.75, 3.05) is 0 Å². The molecule has 0 fully saturated rings. The number of rotatable bonds is 8. The first-order valence-corrected chi connectivity index (χ1v) is 31.3. The van der Waals surface area contributed by atoms with Crippen molar-refractivity contribution in [2.24, 2.45) is 0 Å². The van der Waals surface area contributed by atoms with Gasteiger partial charge in [0.1, 0.15) is 0 Å². The Morgan fingerprint density at radius 2 is 0.344 bits per heavy atom. The van der Waals surface area contributed by atoms with Crippen molar-refractivity contribution in [3.8, 4) is 89.0 Å². The summed E-state index contributed by atoms with van der Waals surface area (Å²) >= 11 is 0. The molecule has 0 spiro atoms. The van der Waals surface area contributed by atoms with Crippen LogP contribution in [0.2, 0.25) is 0 Å². The van der Waals surface area contributed by atoms with Gasteiger partial charge < -0.3 is 0 Å². The van der Waals surface area contributed by atoms with Crippen LogP contribution in [0.1, 0.15) is 0 Å². The summed E-state index contributed by atoms with van der Waals surface area (Å²) in [5, 5.41) is 22.0. The van der Waals surface area contributed by atoms with Gasteiger partial charge in [-0.3, -0.25) is 0 Å². The minimum Gasteiger partial charge on any atom is -0.0616 e. The molecular weight excluding hydrogens is 1080 g/mol. The largest absolute Gasteiger partial charge is 0.0616 e. The van der Waals surface area contributed by atoms with Crippen molar-refractivity contribution in [3.63, 3.8) is 0 Å². The summed E-state index contributed by atoms with van der Waals surface area (Å²) < 4.78 is 0. The van der Waals surface area contributed by atoms with Crippen molar-refractivity contribution in [1.82, 2.24) is 0 Å². The van der Waals surface area contributed by atoms with Gasteiger partial charge in [0, 0.05) is 0 Å². The molecule has 0 aromatic heterocycles. The molecule has 18 rings (SSSR count). The minimum atomic E-state index is 1.14. The molecule has 90 heavy (non-hydrogen) atoms. The molecule has 0 unspecified atom stereocenters. The molecule has 0 heteroatoms. The molecule has 416 valence electrons. The lowest BCUT2D eigenvalue weighted by Gasteiger charge is -2.22. The molecule has 0 radical (unpaired) electrons. The third kappa shape index (κ3) is 8.23. The quantitative estimate of drug-likeness (QED) is 0.133. The second kappa shape index (κ2) is 21.0. The molecule has 0 saturated heterocycles. The van der Waals surface area contributed by atoms with E-state index in [4.69, 9.17) is 0 Å². The Balaban J connectivity index is 0.995. The molecule has 0 nitrogen and oxygen atoms in total. The maximum Gasteiger partial charge on any atom is -0.00201 e. The molecule has 0 aliphatic heterocycles. The van der Waals surface area contributed by atoms with Crippen LogP contribution in [0.25, 0.3) is 186 Å². The maximum absolute atomic E-state index is 2.51. The van der Waals surface area contributed by atoms with Gasteiger partial charge >= 0.3 is 0 Å². The van der Waals surface area contributed by atoms with Gasteiger partial charge in [0.25, 0.3) is 0 Å². The second-order valence-corrected chi connectivity index (χ2v) is 24.1. The molecule has 0 aliphatic carbocycles. The van der Waals surface area contributed by atoms with Gasteiger partial charge in [0.05, 0.1) is 0 Å². The smallest absolute Gasteiger partial charge is 0.00201 e. The van der Waals surface area contributed by atoms with Crippen molar-refractivity contribution in [1.29, 1.82) is 0 Å². The summed E-state index contributed by atoms with van der Waals surface area (Å²) in [5.41, 5.74) is 19.2. The topological polar surface area (TPSA) is 0 Å². The average molecular weight is 1140 g/mol. The fourth-order valence-electron chi connectivity index (χ4n) is 15.3. The van der Waals surface area contributed by atoms with E-state index in [-0.39, 0.29) is 0 Å². The Hall–Kier alpha value is -11.7. The van der Waals surface area contributed by atoms with Crippen LogP contribution in [0.4, 0.5) is 0 Å². The Morgan fingerprint density at radius 3 is 0.711 bits per heavy atom. The highest BCUT2D eigenvalue weighted by atomic mass is 14.3. The van der Waals surface area contributed by atoms with Crippen LogP contribution in [0.5, 0.6) is 0 Å². The van der Waals surface area contributed by atoms with E-state index in [1.165, 1.54) is 169 Å². The Bertz CT molecular complexity index is 5630. The molecule has 18 aromatic carbocycles. The van der Waals surface area contributed by atoms with Gasteiger partial charge in [-0.05, 0) is 204 Å². The first-order valence-electron chi connectivity index (χ1n) is 31.3. The van der Waals surface area contributed by atoms with E-state index in [2.05, 4.69) is 340 Å². The zero-order valence-electron chi connectivity index (χ0n) is 49.3. The summed E-state index contributed by atoms with van der Waals surface area (Å²) in [6.45, 7) is 0. The van der Waals surface area contributed by atoms with Gasteiger partial charge in [0.2, 0.25) is 0 Å². The van der Waals surface area contributed by atoms with Crippen LogP contribution in [-0.4, -0.2) is 0 Å². The lowest BCUT2D eigenvalue weighted by Crippen LogP contribution is -1.95. The van der Waals surface area contributed by atoms with Crippen LogP contribution < -0.4 is 0 Å². The number of fused-ring (bicyclic) bond motifs is 9. The van der Waals surface area contributed by atoms with E-state index in [0.29, 0.717) is 0 Å². The Morgan fingerprint density at radius 1 is 0.122 bits per heavy atom. The number of hydrogen-bond acceptors (Lipinski definition) is 0. The van der Waals surface area contributed by atoms with Gasteiger partial charge in [-0.2, -0.15) is 0 Å². The van der Waals surface area contributed by atoms with Crippen LogP contribution in [0.3, 0.4) is 0 Å². The van der Waals surface area contributed by atoms with E-state index < -0.39 is 0 Å². The predicted octanol–water partition coefficient (Wildman–Crippen LogP) is 25.4. The van der Waals surface area contributed by atoms with Crippen molar-refractivity contribution >= 4 is 97.0 Å². The first kappa shape index (κ1) is 51.5. The Kier molecular flexibility index (Phi) is 12.0. The van der Waals surface area contributed by atoms with E-state index in [1.807, 2.05) is 0 Å². The monoisotopic (exact) mass is 1140 g/mol. The maximum atomic E-state index is 2.51. The zero-order valence-corrected chi connectivity index (χ0v) is 49.3. The third-order valence-electron chi connectivity index (χ3n) is 19.2. The van der Waals surface area contributed by atoms with Crippen LogP contribution in [-0.2, 0) is 0 Å². The number of benzene rings is 18. The first-order chi connectivity index (χ1) is 44.7. The summed E-state index contributed by atoms with van der Waals surface area (Å²) in [4.78, 5) is 0. The highest BCUT2D eigenvalue weighted by Crippen LogP contribution is 2.51. The van der Waals surface area contributed by atoms with Crippen LogP contribution >= 0.6 is 0 Å². The summed E-state index contributed by atoms with van der Waals surface area (Å²) in [7, 11) is 0. The standard InChI is InChI=1S/C90H56/c1-6-32-65-57(22-1)27-15-43-72(65)76-50-52-85(74-45-17-29-59-24-3-8-34-67(59)74)88-70(41-20-48-79(76)88)62-54-63(56-64(55-62)87-81-37-11-13-39-83(81)90(84-40-14-12-38-82(84)87)78-47-19-31-61-26-5-10-36-69(61)78)71-42-21-49-80-77(73-44-16-28-58-23-2-7-33-66(58)73)51-53-86(89(71)80)75-46-18-30-60-25-4-9-35-68(60)75/h1-56H. The lowest BCUT2D eigenvalue weighted by molar-refractivity contribution is 1.60. The van der Waals surface area contributed by atoms with Crippen LogP contribution in [0, 0.1) is 0 Å². The third-order valence-corrected chi connectivity index (χ3v) is 19.2. The highest BCUT2D eigenvalue weighted by Gasteiger charge is 2.24. The SMILES string of the molecule is c1ccc2c(-c3c4ccccc4c(-c4cc(-c5cccc6c(-c7cccc8ccccc78)ccc(-c7cccc8ccccc78)c56)cc(-c5cccc6c(-c7cccc8ccccc78)ccc(-c7cccc8ccccc78)c56)c4)c4ccccc34)cccc2c1. The lowest BCUT2D eigenvalue weighted by atomic mass is 9.81. The fourth-order valence-corrected chi connectivity index (χ4v) is 15.3. The molecule has 0 atom stereocenters. The summed E-state index contributed by atoms with van der Waals surface area (Å²) in [6, 6.07) is 127. The van der Waals surface area contributed by atoms with Gasteiger partial charge in [0.15, 0.2) is 0 Å².